The standard InChI is InChI=1S/C14H15Br2NO3S/c1-3-17(9-11-5-4-6-20-11)21(18,19)14-8-12(15)10(2)7-13(14)16/h4-8H,3,9H2,1-2H3. The first-order valence-electron chi connectivity index (χ1n) is 6.34. The lowest BCUT2D eigenvalue weighted by Gasteiger charge is -2.20. The van der Waals surface area contributed by atoms with Crippen LogP contribution in [-0.4, -0.2) is 19.3 Å². The summed E-state index contributed by atoms with van der Waals surface area (Å²) >= 11 is 6.72. The van der Waals surface area contributed by atoms with Crippen LogP contribution in [0.25, 0.3) is 0 Å². The Labute approximate surface area is 141 Å². The van der Waals surface area contributed by atoms with E-state index in [4.69, 9.17) is 4.42 Å². The fourth-order valence-corrected chi connectivity index (χ4v) is 4.96. The summed E-state index contributed by atoms with van der Waals surface area (Å²) in [6.07, 6.45) is 1.54. The third-order valence-electron chi connectivity index (χ3n) is 3.10. The second-order valence-electron chi connectivity index (χ2n) is 4.54. The van der Waals surface area contributed by atoms with E-state index in [-0.39, 0.29) is 11.4 Å². The molecule has 0 aliphatic carbocycles. The Hall–Kier alpha value is -0.630. The first-order chi connectivity index (χ1) is 9.86. The number of hydrogen-bond acceptors (Lipinski definition) is 3. The maximum Gasteiger partial charge on any atom is 0.244 e. The second kappa shape index (κ2) is 6.64. The van der Waals surface area contributed by atoms with Crippen molar-refractivity contribution in [3.05, 3.63) is 50.8 Å². The van der Waals surface area contributed by atoms with E-state index in [1.54, 1.807) is 31.2 Å². The SMILES string of the molecule is CCN(Cc1ccco1)S(=O)(=O)c1cc(Br)c(C)cc1Br. The highest BCUT2D eigenvalue weighted by Crippen LogP contribution is 2.31. The highest BCUT2D eigenvalue weighted by atomic mass is 79.9. The molecule has 1 aromatic carbocycles. The highest BCUT2D eigenvalue weighted by Gasteiger charge is 2.27. The number of furan rings is 1. The molecule has 1 aromatic heterocycles. The average molecular weight is 437 g/mol. The third-order valence-corrected chi connectivity index (χ3v) is 6.83. The number of rotatable bonds is 5. The lowest BCUT2D eigenvalue weighted by Crippen LogP contribution is -2.30. The van der Waals surface area contributed by atoms with Gasteiger partial charge in [-0.1, -0.05) is 22.9 Å². The van der Waals surface area contributed by atoms with Gasteiger partial charge in [-0.25, -0.2) is 8.42 Å². The van der Waals surface area contributed by atoms with Crippen LogP contribution < -0.4 is 0 Å². The van der Waals surface area contributed by atoms with Gasteiger partial charge in [0.05, 0.1) is 17.7 Å². The van der Waals surface area contributed by atoms with Gasteiger partial charge in [-0.05, 0) is 52.7 Å². The quantitative estimate of drug-likeness (QED) is 0.700. The molecule has 0 amide bonds. The Morgan fingerprint density at radius 2 is 1.95 bits per heavy atom. The van der Waals surface area contributed by atoms with Gasteiger partial charge in [0, 0.05) is 15.5 Å². The molecule has 4 nitrogen and oxygen atoms in total. The fraction of sp³-hybridized carbons (Fsp3) is 0.286. The molecule has 0 aliphatic heterocycles. The molecule has 0 bridgehead atoms. The maximum absolute atomic E-state index is 12.8. The molecule has 2 rings (SSSR count). The van der Waals surface area contributed by atoms with E-state index in [1.807, 2.05) is 6.92 Å². The second-order valence-corrected chi connectivity index (χ2v) is 8.16. The van der Waals surface area contributed by atoms with E-state index in [2.05, 4.69) is 31.9 Å². The summed E-state index contributed by atoms with van der Waals surface area (Å²) in [6.45, 7) is 4.29. The monoisotopic (exact) mass is 435 g/mol. The summed E-state index contributed by atoms with van der Waals surface area (Å²) in [7, 11) is -3.60. The van der Waals surface area contributed by atoms with Crippen LogP contribution in [0.4, 0.5) is 0 Å². The fourth-order valence-electron chi connectivity index (χ4n) is 1.91. The Morgan fingerprint density at radius 1 is 1.24 bits per heavy atom. The van der Waals surface area contributed by atoms with Crippen molar-refractivity contribution in [1.29, 1.82) is 0 Å². The predicted molar refractivity (Wildman–Crippen MR) is 88.6 cm³/mol. The van der Waals surface area contributed by atoms with E-state index in [0.717, 1.165) is 10.0 Å². The van der Waals surface area contributed by atoms with Crippen LogP contribution in [0.5, 0.6) is 0 Å². The minimum absolute atomic E-state index is 0.212. The molecule has 0 saturated heterocycles. The van der Waals surface area contributed by atoms with Crippen molar-refractivity contribution in [3.63, 3.8) is 0 Å². The predicted octanol–water partition coefficient (Wildman–Crippen LogP) is 4.32. The van der Waals surface area contributed by atoms with Crippen molar-refractivity contribution in [1.82, 2.24) is 4.31 Å². The molecule has 0 spiro atoms. The van der Waals surface area contributed by atoms with Crippen molar-refractivity contribution in [2.24, 2.45) is 0 Å². The number of hydrogen-bond donors (Lipinski definition) is 0. The van der Waals surface area contributed by atoms with Crippen molar-refractivity contribution in [3.8, 4) is 0 Å². The zero-order valence-corrected chi connectivity index (χ0v) is 15.6. The molecule has 0 atom stereocenters. The summed E-state index contributed by atoms with van der Waals surface area (Å²) in [4.78, 5) is 0.244. The number of halogens is 2. The van der Waals surface area contributed by atoms with Gasteiger partial charge in [0.2, 0.25) is 10.0 Å². The van der Waals surface area contributed by atoms with Gasteiger partial charge < -0.3 is 4.42 Å². The normalized spacial score (nSPS) is 12.0. The molecule has 0 saturated carbocycles. The van der Waals surface area contributed by atoms with Gasteiger partial charge in [-0.15, -0.1) is 0 Å². The molecule has 0 aliphatic rings. The molecule has 0 fully saturated rings. The Bertz CT molecular complexity index is 727. The van der Waals surface area contributed by atoms with Gasteiger partial charge >= 0.3 is 0 Å². The van der Waals surface area contributed by atoms with E-state index in [1.165, 1.54) is 10.6 Å². The average Bonchev–Trinajstić information content (AvgIpc) is 2.92. The minimum atomic E-state index is -3.60. The van der Waals surface area contributed by atoms with Crippen LogP contribution >= 0.6 is 31.9 Å². The Morgan fingerprint density at radius 3 is 2.52 bits per heavy atom. The topological polar surface area (TPSA) is 50.5 Å². The number of aryl methyl sites for hydroxylation is 1. The van der Waals surface area contributed by atoms with E-state index in [0.29, 0.717) is 16.8 Å². The van der Waals surface area contributed by atoms with E-state index < -0.39 is 10.0 Å². The third kappa shape index (κ3) is 3.59. The van der Waals surface area contributed by atoms with Crippen LogP contribution in [0.3, 0.4) is 0 Å². The van der Waals surface area contributed by atoms with Crippen molar-refractivity contribution in [2.45, 2.75) is 25.3 Å². The smallest absolute Gasteiger partial charge is 0.244 e. The molecular formula is C14H15Br2NO3S. The summed E-state index contributed by atoms with van der Waals surface area (Å²) in [5, 5.41) is 0. The first-order valence-corrected chi connectivity index (χ1v) is 9.37. The van der Waals surface area contributed by atoms with E-state index in [9.17, 15) is 8.42 Å². The summed E-state index contributed by atoms with van der Waals surface area (Å²) in [6, 6.07) is 6.92. The molecule has 0 radical (unpaired) electrons. The molecule has 114 valence electrons. The number of benzene rings is 1. The molecular weight excluding hydrogens is 422 g/mol. The summed E-state index contributed by atoms with van der Waals surface area (Å²) < 4.78 is 33.6. The first kappa shape index (κ1) is 16.7. The molecule has 21 heavy (non-hydrogen) atoms. The minimum Gasteiger partial charge on any atom is -0.468 e. The Balaban J connectivity index is 2.42. The summed E-state index contributed by atoms with van der Waals surface area (Å²) in [5.41, 5.74) is 0.968. The van der Waals surface area contributed by atoms with Crippen LogP contribution in [0.2, 0.25) is 0 Å². The molecule has 0 unspecified atom stereocenters. The molecule has 0 N–H and O–H groups in total. The van der Waals surface area contributed by atoms with Crippen LogP contribution in [-0.2, 0) is 16.6 Å². The molecule has 7 heteroatoms. The van der Waals surface area contributed by atoms with Crippen LogP contribution in [0.1, 0.15) is 18.2 Å². The largest absolute Gasteiger partial charge is 0.468 e. The van der Waals surface area contributed by atoms with Crippen LogP contribution in [0, 0.1) is 6.92 Å². The van der Waals surface area contributed by atoms with E-state index >= 15 is 0 Å². The van der Waals surface area contributed by atoms with Crippen molar-refractivity contribution in [2.75, 3.05) is 6.54 Å². The summed E-state index contributed by atoms with van der Waals surface area (Å²) in [5.74, 6) is 0.614. The van der Waals surface area contributed by atoms with Gasteiger partial charge in [-0.3, -0.25) is 0 Å². The molecule has 2 aromatic rings. The van der Waals surface area contributed by atoms with Gasteiger partial charge in [0.15, 0.2) is 0 Å². The highest BCUT2D eigenvalue weighted by molar-refractivity contribution is 9.11. The van der Waals surface area contributed by atoms with Gasteiger partial charge in [-0.2, -0.15) is 4.31 Å². The molecule has 1 heterocycles. The van der Waals surface area contributed by atoms with Crippen LogP contribution in [0.15, 0.2) is 48.8 Å². The zero-order chi connectivity index (χ0) is 15.6. The zero-order valence-electron chi connectivity index (χ0n) is 11.6. The number of sulfonamides is 1. The lowest BCUT2D eigenvalue weighted by atomic mass is 10.2. The number of nitrogens with zero attached hydrogens (tertiary/aromatic N) is 1. The lowest BCUT2D eigenvalue weighted by molar-refractivity contribution is 0.375. The van der Waals surface area contributed by atoms with Crippen molar-refractivity contribution >= 4 is 41.9 Å². The van der Waals surface area contributed by atoms with Crippen molar-refractivity contribution < 1.29 is 12.8 Å². The van der Waals surface area contributed by atoms with Gasteiger partial charge in [0.25, 0.3) is 0 Å². The Kier molecular flexibility index (Phi) is 5.29. The maximum atomic E-state index is 12.8. The van der Waals surface area contributed by atoms with Gasteiger partial charge in [0.1, 0.15) is 5.76 Å².